The van der Waals surface area contributed by atoms with Crippen molar-refractivity contribution in [1.82, 2.24) is 14.6 Å². The van der Waals surface area contributed by atoms with Crippen molar-refractivity contribution < 1.29 is 0 Å². The van der Waals surface area contributed by atoms with Crippen molar-refractivity contribution in [2.45, 2.75) is 43.9 Å². The van der Waals surface area contributed by atoms with Crippen molar-refractivity contribution in [3.05, 3.63) is 22.1 Å². The van der Waals surface area contributed by atoms with Gasteiger partial charge in [-0.25, -0.2) is 4.98 Å². The molecule has 0 bridgehead atoms. The fourth-order valence-corrected chi connectivity index (χ4v) is 3.74. The highest BCUT2D eigenvalue weighted by atomic mass is 32.2. The molecule has 2 aromatic rings. The largest absolute Gasteiger partial charge is 0.276 e. The Morgan fingerprint density at radius 1 is 1.40 bits per heavy atom. The van der Waals surface area contributed by atoms with E-state index in [-0.39, 0.29) is 5.56 Å². The first-order chi connectivity index (χ1) is 9.74. The zero-order valence-electron chi connectivity index (χ0n) is 11.7. The van der Waals surface area contributed by atoms with Crippen molar-refractivity contribution in [3.63, 3.8) is 0 Å². The monoisotopic (exact) mass is 307 g/mol. The molecule has 0 saturated heterocycles. The zero-order valence-corrected chi connectivity index (χ0v) is 13.3. The highest BCUT2D eigenvalue weighted by molar-refractivity contribution is 8.01. The van der Waals surface area contributed by atoms with Gasteiger partial charge in [-0.3, -0.25) is 4.79 Å². The molecule has 0 unspecified atom stereocenters. The lowest BCUT2D eigenvalue weighted by Gasteiger charge is -1.96. The molecule has 2 aromatic heterocycles. The van der Waals surface area contributed by atoms with E-state index >= 15 is 0 Å². The molecule has 20 heavy (non-hydrogen) atoms. The molecule has 2 heterocycles. The summed E-state index contributed by atoms with van der Waals surface area (Å²) in [5.74, 6) is 6.61. The third-order valence-corrected chi connectivity index (χ3v) is 4.83. The van der Waals surface area contributed by atoms with Crippen molar-refractivity contribution >= 4 is 28.1 Å². The summed E-state index contributed by atoms with van der Waals surface area (Å²) in [6, 6.07) is 1.43. The Morgan fingerprint density at radius 3 is 3.00 bits per heavy atom. The Kier molecular flexibility index (Phi) is 5.62. The Morgan fingerprint density at radius 2 is 2.25 bits per heavy atom. The highest BCUT2D eigenvalue weighted by Gasteiger charge is 2.08. The van der Waals surface area contributed by atoms with E-state index in [1.54, 1.807) is 18.7 Å². The van der Waals surface area contributed by atoms with E-state index in [2.05, 4.69) is 28.8 Å². The Balaban J connectivity index is 2.10. The van der Waals surface area contributed by atoms with Gasteiger partial charge in [0.25, 0.3) is 5.56 Å². The molecule has 2 rings (SSSR count). The summed E-state index contributed by atoms with van der Waals surface area (Å²) >= 11 is 3.15. The second-order valence-corrected chi connectivity index (χ2v) is 6.62. The van der Waals surface area contributed by atoms with Gasteiger partial charge >= 0.3 is 0 Å². The van der Waals surface area contributed by atoms with Gasteiger partial charge in [-0.1, -0.05) is 55.2 Å². The van der Waals surface area contributed by atoms with Crippen molar-refractivity contribution in [2.24, 2.45) is 0 Å². The number of aromatic nitrogens is 3. The normalized spacial score (nSPS) is 10.5. The molecule has 0 saturated carbocycles. The zero-order chi connectivity index (χ0) is 14.4. The molecule has 6 heteroatoms. The van der Waals surface area contributed by atoms with Gasteiger partial charge < -0.3 is 0 Å². The van der Waals surface area contributed by atoms with Gasteiger partial charge in [0.15, 0.2) is 4.34 Å². The van der Waals surface area contributed by atoms with Crippen LogP contribution >= 0.6 is 23.1 Å². The first-order valence-corrected chi connectivity index (χ1v) is 8.51. The second-order valence-electron chi connectivity index (χ2n) is 4.33. The van der Waals surface area contributed by atoms with E-state index < -0.39 is 0 Å². The first-order valence-electron chi connectivity index (χ1n) is 6.71. The van der Waals surface area contributed by atoms with Crippen LogP contribution < -0.4 is 5.56 Å². The van der Waals surface area contributed by atoms with Crippen LogP contribution in [0.5, 0.6) is 0 Å². The van der Waals surface area contributed by atoms with Crippen LogP contribution in [0, 0.1) is 11.8 Å². The first kappa shape index (κ1) is 15.1. The van der Waals surface area contributed by atoms with Crippen LogP contribution in [0.3, 0.4) is 0 Å². The molecule has 0 aliphatic heterocycles. The Bertz CT molecular complexity index is 694. The number of rotatable bonds is 6. The predicted octanol–water partition coefficient (Wildman–Crippen LogP) is 3.19. The van der Waals surface area contributed by atoms with Gasteiger partial charge in [0.2, 0.25) is 4.96 Å². The van der Waals surface area contributed by atoms with Gasteiger partial charge in [-0.05, 0) is 19.3 Å². The highest BCUT2D eigenvalue weighted by Crippen LogP contribution is 2.24. The summed E-state index contributed by atoms with van der Waals surface area (Å²) in [5, 5.41) is 4.31. The van der Waals surface area contributed by atoms with E-state index in [0.717, 1.165) is 10.1 Å². The number of fused-ring (bicyclic) bond motifs is 1. The molecule has 0 amide bonds. The molecular weight excluding hydrogens is 290 g/mol. The van der Waals surface area contributed by atoms with E-state index in [9.17, 15) is 4.79 Å². The third-order valence-electron chi connectivity index (χ3n) is 2.70. The number of thioether (sulfide) groups is 1. The van der Waals surface area contributed by atoms with E-state index in [1.165, 1.54) is 47.6 Å². The lowest BCUT2D eigenvalue weighted by atomic mass is 10.2. The van der Waals surface area contributed by atoms with Crippen LogP contribution in [0.1, 0.15) is 45.2 Å². The maximum absolute atomic E-state index is 11.9. The molecule has 0 atom stereocenters. The molecule has 0 aliphatic rings. The molecule has 4 nitrogen and oxygen atoms in total. The fourth-order valence-electron chi connectivity index (χ4n) is 1.73. The topological polar surface area (TPSA) is 47.3 Å². The third kappa shape index (κ3) is 3.84. The maximum atomic E-state index is 11.9. The summed E-state index contributed by atoms with van der Waals surface area (Å²) in [6.45, 7) is 3.93. The molecule has 0 N–H and O–H groups in total. The molecule has 106 valence electrons. The van der Waals surface area contributed by atoms with Gasteiger partial charge in [0.1, 0.15) is 5.69 Å². The minimum Gasteiger partial charge on any atom is -0.267 e. The summed E-state index contributed by atoms with van der Waals surface area (Å²) in [5.41, 5.74) is 0.350. The van der Waals surface area contributed by atoms with Crippen LogP contribution in [-0.2, 0) is 0 Å². The number of hydrogen-bond acceptors (Lipinski definition) is 5. The van der Waals surface area contributed by atoms with Crippen molar-refractivity contribution in [1.29, 1.82) is 0 Å². The van der Waals surface area contributed by atoms with Crippen LogP contribution in [-0.4, -0.2) is 20.4 Å². The smallest absolute Gasteiger partial charge is 0.267 e. The predicted molar refractivity (Wildman–Crippen MR) is 84.6 cm³/mol. The van der Waals surface area contributed by atoms with Gasteiger partial charge in [0, 0.05) is 11.8 Å². The average molecular weight is 307 g/mol. The summed E-state index contributed by atoms with van der Waals surface area (Å²) in [7, 11) is 0. The SMILES string of the molecule is CC#Cc1cc(=O)n2nc(SCCCCCC)sc2n1. The minimum atomic E-state index is -0.165. The Labute approximate surface area is 126 Å². The number of hydrogen-bond donors (Lipinski definition) is 0. The van der Waals surface area contributed by atoms with E-state index in [1.807, 2.05) is 0 Å². The lowest BCUT2D eigenvalue weighted by Crippen LogP contribution is -2.14. The quantitative estimate of drug-likeness (QED) is 0.467. The van der Waals surface area contributed by atoms with E-state index in [0.29, 0.717) is 10.7 Å². The lowest BCUT2D eigenvalue weighted by molar-refractivity contribution is 0.706. The van der Waals surface area contributed by atoms with Crippen LogP contribution in [0.15, 0.2) is 15.2 Å². The summed E-state index contributed by atoms with van der Waals surface area (Å²) in [6.07, 6.45) is 4.96. The van der Waals surface area contributed by atoms with Crippen molar-refractivity contribution in [2.75, 3.05) is 5.75 Å². The molecule has 0 aliphatic carbocycles. The van der Waals surface area contributed by atoms with Crippen LogP contribution in [0.4, 0.5) is 0 Å². The molecule has 0 radical (unpaired) electrons. The van der Waals surface area contributed by atoms with E-state index in [4.69, 9.17) is 0 Å². The summed E-state index contributed by atoms with van der Waals surface area (Å²) in [4.78, 5) is 16.8. The minimum absolute atomic E-state index is 0.165. The molecule has 0 fully saturated rings. The van der Waals surface area contributed by atoms with Crippen LogP contribution in [0.2, 0.25) is 0 Å². The second kappa shape index (κ2) is 7.46. The molecule has 0 spiro atoms. The standard InChI is InChI=1S/C14H17N3OS2/c1-3-5-6-7-9-19-14-16-17-12(18)10-11(8-4-2)15-13(17)20-14/h10H,3,5-7,9H2,1-2H3. The average Bonchev–Trinajstić information content (AvgIpc) is 2.82. The Hall–Kier alpha value is -1.32. The maximum Gasteiger partial charge on any atom is 0.276 e. The van der Waals surface area contributed by atoms with Gasteiger partial charge in [-0.2, -0.15) is 4.52 Å². The summed E-state index contributed by atoms with van der Waals surface area (Å²) < 4.78 is 2.26. The van der Waals surface area contributed by atoms with Crippen LogP contribution in [0.25, 0.3) is 4.96 Å². The molecular formula is C14H17N3OS2. The molecule has 0 aromatic carbocycles. The van der Waals surface area contributed by atoms with Crippen molar-refractivity contribution in [3.8, 4) is 11.8 Å². The number of nitrogens with zero attached hydrogens (tertiary/aromatic N) is 3. The van der Waals surface area contributed by atoms with Gasteiger partial charge in [-0.15, -0.1) is 5.10 Å². The fraction of sp³-hybridized carbons (Fsp3) is 0.500. The number of unbranched alkanes of at least 4 members (excludes halogenated alkanes) is 3. The van der Waals surface area contributed by atoms with Gasteiger partial charge in [0.05, 0.1) is 0 Å².